The van der Waals surface area contributed by atoms with Gasteiger partial charge in [0.2, 0.25) is 35.7 Å². The summed E-state index contributed by atoms with van der Waals surface area (Å²) in [5, 5.41) is 17.8. The molecule has 6 rings (SSSR count). The highest BCUT2D eigenvalue weighted by molar-refractivity contribution is 7.86. The van der Waals surface area contributed by atoms with Crippen LogP contribution in [-0.2, 0) is 40.5 Å². The summed E-state index contributed by atoms with van der Waals surface area (Å²) in [6.45, 7) is 7.61. The fourth-order valence-corrected chi connectivity index (χ4v) is 8.19. The van der Waals surface area contributed by atoms with E-state index in [4.69, 9.17) is 0 Å². The molecule has 0 aliphatic carbocycles. The topological polar surface area (TPSA) is 367 Å². The number of rotatable bonds is 20. The molecule has 6 aromatic rings. The molecule has 0 saturated heterocycles. The normalized spacial score (nSPS) is 13.1. The molecule has 2 aromatic heterocycles. The van der Waals surface area contributed by atoms with Crippen molar-refractivity contribution in [1.29, 1.82) is 0 Å². The summed E-state index contributed by atoms with van der Waals surface area (Å²) >= 11 is 0. The zero-order valence-corrected chi connectivity index (χ0v) is 39.4. The van der Waals surface area contributed by atoms with Gasteiger partial charge < -0.3 is 31.9 Å². The first kappa shape index (κ1) is 50.5. The Morgan fingerprint density at radius 3 is 0.985 bits per heavy atom. The SMILES string of the molecule is CCC(C)Nc1nc(Nc2ccc(S(=O)(=O)O)cc2)nc(Nc2ccc(/C=C/c3ccc(Nc4nc(Nc5ccc(S(=O)(=O)O)cc5)nc(NC(C)CC)n4)cc3S(=O)(=O)O)c(S(=O)(=O)O)c2)n1. The Morgan fingerprint density at radius 2 is 0.706 bits per heavy atom. The molecule has 2 atom stereocenters. The van der Waals surface area contributed by atoms with E-state index in [1.165, 1.54) is 84.9 Å². The first-order valence-electron chi connectivity index (χ1n) is 20.1. The molecule has 360 valence electrons. The highest BCUT2D eigenvalue weighted by atomic mass is 32.2. The zero-order valence-electron chi connectivity index (χ0n) is 36.2. The van der Waals surface area contributed by atoms with Crippen LogP contribution in [0.2, 0.25) is 0 Å². The minimum Gasteiger partial charge on any atom is -0.352 e. The predicted octanol–water partition coefficient (Wildman–Crippen LogP) is 6.61. The molecule has 2 heterocycles. The molecule has 28 heteroatoms. The second-order valence-corrected chi connectivity index (χ2v) is 20.4. The van der Waals surface area contributed by atoms with E-state index in [0.717, 1.165) is 12.1 Å². The molecule has 0 amide bonds. The maximum Gasteiger partial charge on any atom is 0.295 e. The van der Waals surface area contributed by atoms with E-state index in [2.05, 4.69) is 61.8 Å². The number of nitrogens with zero attached hydrogens (tertiary/aromatic N) is 6. The summed E-state index contributed by atoms with van der Waals surface area (Å²) in [6.07, 6.45) is 3.79. The molecular formula is C40H44N12O12S4. The average Bonchev–Trinajstić information content (AvgIpc) is 3.25. The number of aromatic nitrogens is 6. The van der Waals surface area contributed by atoms with Gasteiger partial charge >= 0.3 is 0 Å². The van der Waals surface area contributed by atoms with Crippen LogP contribution in [0.15, 0.2) is 105 Å². The number of hydrogen-bond acceptors (Lipinski definition) is 20. The third kappa shape index (κ3) is 13.8. The van der Waals surface area contributed by atoms with Crippen LogP contribution in [0.3, 0.4) is 0 Å². The van der Waals surface area contributed by atoms with Gasteiger partial charge in [-0.1, -0.05) is 38.1 Å². The first-order valence-corrected chi connectivity index (χ1v) is 25.8. The van der Waals surface area contributed by atoms with Crippen LogP contribution in [0.25, 0.3) is 12.2 Å². The minimum absolute atomic E-state index is 0.0130. The highest BCUT2D eigenvalue weighted by Gasteiger charge is 2.20. The number of benzene rings is 4. The van der Waals surface area contributed by atoms with E-state index in [1.807, 2.05) is 27.7 Å². The Hall–Kier alpha value is -6.92. The van der Waals surface area contributed by atoms with Gasteiger partial charge in [-0.3, -0.25) is 18.2 Å². The number of anilines is 10. The van der Waals surface area contributed by atoms with Crippen LogP contribution in [0.5, 0.6) is 0 Å². The largest absolute Gasteiger partial charge is 0.352 e. The van der Waals surface area contributed by atoms with Crippen LogP contribution >= 0.6 is 0 Å². The van der Waals surface area contributed by atoms with Crippen molar-refractivity contribution < 1.29 is 51.9 Å². The Balaban J connectivity index is 1.28. The van der Waals surface area contributed by atoms with Gasteiger partial charge in [-0.2, -0.15) is 63.6 Å². The van der Waals surface area contributed by atoms with E-state index in [-0.39, 0.29) is 80.1 Å². The first-order chi connectivity index (χ1) is 31.9. The molecule has 4 aromatic carbocycles. The van der Waals surface area contributed by atoms with Crippen molar-refractivity contribution in [2.24, 2.45) is 0 Å². The lowest BCUT2D eigenvalue weighted by atomic mass is 10.1. The van der Waals surface area contributed by atoms with Crippen molar-refractivity contribution in [3.63, 3.8) is 0 Å². The van der Waals surface area contributed by atoms with Crippen molar-refractivity contribution in [3.05, 3.63) is 96.1 Å². The third-order valence-corrected chi connectivity index (χ3v) is 13.2. The van der Waals surface area contributed by atoms with Crippen molar-refractivity contribution in [1.82, 2.24) is 29.9 Å². The summed E-state index contributed by atoms with van der Waals surface area (Å²) < 4.78 is 136. The molecule has 0 fully saturated rings. The van der Waals surface area contributed by atoms with Gasteiger partial charge in [0.1, 0.15) is 9.79 Å². The van der Waals surface area contributed by atoms with E-state index in [9.17, 15) is 51.9 Å². The monoisotopic (exact) mass is 1010 g/mol. The summed E-state index contributed by atoms with van der Waals surface area (Å²) in [4.78, 5) is 24.2. The lowest BCUT2D eigenvalue weighted by molar-refractivity contribution is 0.480. The van der Waals surface area contributed by atoms with Crippen LogP contribution in [-0.4, -0.2) is 93.9 Å². The molecule has 0 spiro atoms. The fourth-order valence-electron chi connectivity index (χ4n) is 5.81. The number of hydrogen-bond donors (Lipinski definition) is 10. The van der Waals surface area contributed by atoms with Crippen LogP contribution in [0.4, 0.5) is 58.4 Å². The van der Waals surface area contributed by atoms with E-state index in [1.54, 1.807) is 0 Å². The highest BCUT2D eigenvalue weighted by Crippen LogP contribution is 2.29. The van der Waals surface area contributed by atoms with Crippen molar-refractivity contribution in [2.75, 3.05) is 31.9 Å². The van der Waals surface area contributed by atoms with Crippen molar-refractivity contribution in [3.8, 4) is 0 Å². The predicted molar refractivity (Wildman–Crippen MR) is 253 cm³/mol. The average molecular weight is 1010 g/mol. The molecule has 0 aliphatic rings. The fraction of sp³-hybridized carbons (Fsp3) is 0.200. The van der Waals surface area contributed by atoms with Crippen molar-refractivity contribution in [2.45, 2.75) is 72.2 Å². The van der Waals surface area contributed by atoms with E-state index < -0.39 is 50.3 Å². The Kier molecular flexibility index (Phi) is 15.2. The summed E-state index contributed by atoms with van der Waals surface area (Å²) in [7, 11) is -18.8. The molecule has 0 saturated carbocycles. The van der Waals surface area contributed by atoms with Gasteiger partial charge in [0, 0.05) is 34.8 Å². The Labute approximate surface area is 391 Å². The van der Waals surface area contributed by atoms with Gasteiger partial charge in [0.05, 0.1) is 9.79 Å². The molecule has 68 heavy (non-hydrogen) atoms. The molecular weight excluding hydrogens is 969 g/mol. The van der Waals surface area contributed by atoms with Gasteiger partial charge in [0.15, 0.2) is 0 Å². The minimum atomic E-state index is -4.94. The molecule has 0 bridgehead atoms. The third-order valence-electron chi connectivity index (χ3n) is 9.60. The molecule has 0 radical (unpaired) electrons. The maximum atomic E-state index is 12.7. The van der Waals surface area contributed by atoms with Gasteiger partial charge in [-0.05, 0) is 111 Å². The smallest absolute Gasteiger partial charge is 0.295 e. The molecule has 10 N–H and O–H groups in total. The number of nitrogens with one attached hydrogen (secondary N) is 6. The van der Waals surface area contributed by atoms with Crippen LogP contribution in [0, 0.1) is 0 Å². The van der Waals surface area contributed by atoms with E-state index >= 15 is 0 Å². The molecule has 24 nitrogen and oxygen atoms in total. The van der Waals surface area contributed by atoms with Crippen LogP contribution < -0.4 is 31.9 Å². The lowest BCUT2D eigenvalue weighted by Gasteiger charge is -2.15. The van der Waals surface area contributed by atoms with Gasteiger partial charge in [-0.15, -0.1) is 0 Å². The summed E-state index contributed by atoms with van der Waals surface area (Å²) in [5.74, 6) is 0.0326. The Bertz CT molecular complexity index is 3090. The second-order valence-electron chi connectivity index (χ2n) is 14.8. The van der Waals surface area contributed by atoms with Crippen molar-refractivity contribution >= 4 is 111 Å². The van der Waals surface area contributed by atoms with Gasteiger partial charge in [-0.25, -0.2) is 0 Å². The van der Waals surface area contributed by atoms with Gasteiger partial charge in [0.25, 0.3) is 40.5 Å². The second kappa shape index (κ2) is 20.5. The van der Waals surface area contributed by atoms with E-state index in [0.29, 0.717) is 24.2 Å². The maximum absolute atomic E-state index is 12.7. The molecule has 2 unspecified atom stereocenters. The Morgan fingerprint density at radius 1 is 0.426 bits per heavy atom. The zero-order chi connectivity index (χ0) is 49.6. The summed E-state index contributed by atoms with van der Waals surface area (Å²) in [5.41, 5.74) is 0.680. The molecule has 0 aliphatic heterocycles. The van der Waals surface area contributed by atoms with Crippen LogP contribution in [0.1, 0.15) is 51.7 Å². The standard InChI is InChI=1S/C40H44N12O12S4/c1-5-23(3)41-35-47-37(43-27-13-17-31(18-14-27)65(53,54)55)51-39(49-35)45-29-11-9-25(33(21-29)67(59,60)61)7-8-26-10-12-30(22-34(26)68(62,63)64)46-40-50-36(42-24(4)6-2)48-38(52-40)44-28-15-19-32(20-16-28)66(56,57)58/h7-24H,5-6H2,1-4H3,(H,53,54,55)(H,56,57,58)(H,59,60,61)(H,62,63,64)(H3,41,43,45,47,49,51)(H3,42,44,46,48,50,52)/b8-7+. The lowest BCUT2D eigenvalue weighted by Crippen LogP contribution is -2.17. The summed E-state index contributed by atoms with van der Waals surface area (Å²) in [6, 6.07) is 17.6. The quantitative estimate of drug-likeness (QED) is 0.0284.